The molecule has 1 aliphatic heterocycles. The Morgan fingerprint density at radius 2 is 0.825 bits per heavy atom. The lowest BCUT2D eigenvalue weighted by Crippen LogP contribution is -2.37. The fourth-order valence-electron chi connectivity index (χ4n) is 5.91. The van der Waals surface area contributed by atoms with Crippen LogP contribution in [0.4, 0.5) is 0 Å². The lowest BCUT2D eigenvalue weighted by molar-refractivity contribution is 0.0545. The van der Waals surface area contributed by atoms with Gasteiger partial charge in [0.25, 0.3) is 0 Å². The van der Waals surface area contributed by atoms with Gasteiger partial charge >= 0.3 is 24.6 Å². The summed E-state index contributed by atoms with van der Waals surface area (Å²) < 4.78 is 36.8. The predicted molar refractivity (Wildman–Crippen MR) is 231 cm³/mol. The normalized spacial score (nSPS) is 16.5. The van der Waals surface area contributed by atoms with Crippen LogP contribution < -0.4 is 27.8 Å². The monoisotopic (exact) mass is 819 g/mol. The zero-order valence-electron chi connectivity index (χ0n) is 32.5. The highest BCUT2D eigenvalue weighted by Gasteiger charge is 2.58. The molecule has 1 aliphatic rings. The van der Waals surface area contributed by atoms with Crippen LogP contribution in [0.15, 0.2) is 168 Å². The molecular weight excluding hydrogens is 771 g/mol. The summed E-state index contributed by atoms with van der Waals surface area (Å²) in [7, 11) is -8.00. The SMILES string of the molecule is CCCc1ccc(ON2P(Oc3ccc(CCC)cc3)N=P(Oc3ccccc3)(Oc3ccccc3)N(Oc3ccccc3)P2Oc2ccc(CCC)cc2)cc1. The molecule has 1 heterocycles. The first-order valence-corrected chi connectivity index (χ1v) is 23.3. The highest BCUT2D eigenvalue weighted by Crippen LogP contribution is 2.77. The molecule has 9 nitrogen and oxygen atoms in total. The summed E-state index contributed by atoms with van der Waals surface area (Å²) >= 11 is 0. The van der Waals surface area contributed by atoms with Gasteiger partial charge < -0.3 is 27.8 Å². The highest BCUT2D eigenvalue weighted by molar-refractivity contribution is 7.78. The third kappa shape index (κ3) is 10.8. The summed E-state index contributed by atoms with van der Waals surface area (Å²) in [5, 5.41) is 0. The smallest absolute Gasteiger partial charge is 0.440 e. The van der Waals surface area contributed by atoms with Crippen molar-refractivity contribution in [1.29, 1.82) is 0 Å². The van der Waals surface area contributed by atoms with E-state index < -0.39 is 24.6 Å². The third-order valence-electron chi connectivity index (χ3n) is 8.66. The third-order valence-corrected chi connectivity index (χ3v) is 15.5. The summed E-state index contributed by atoms with van der Waals surface area (Å²) in [6, 6.07) is 52.8. The summed E-state index contributed by atoms with van der Waals surface area (Å²) in [6.07, 6.45) is 6.01. The van der Waals surface area contributed by atoms with E-state index in [2.05, 4.69) is 57.2 Å². The van der Waals surface area contributed by atoms with Crippen LogP contribution in [0.25, 0.3) is 0 Å². The average molecular weight is 820 g/mol. The Labute approximate surface area is 339 Å². The second-order valence-corrected chi connectivity index (χ2v) is 18.8. The van der Waals surface area contributed by atoms with E-state index in [1.165, 1.54) is 16.7 Å². The largest absolute Gasteiger partial charge is 0.447 e. The predicted octanol–water partition coefficient (Wildman–Crippen LogP) is 14.2. The van der Waals surface area contributed by atoms with Gasteiger partial charge in [-0.05, 0) is 109 Å². The molecule has 0 N–H and O–H groups in total. The zero-order valence-corrected chi connectivity index (χ0v) is 35.1. The molecule has 12 heteroatoms. The Kier molecular flexibility index (Phi) is 14.2. The average Bonchev–Trinajstić information content (AvgIpc) is 3.24. The zero-order chi connectivity index (χ0) is 39.3. The van der Waals surface area contributed by atoms with Crippen LogP contribution >= 0.6 is 24.6 Å². The van der Waals surface area contributed by atoms with Gasteiger partial charge in [-0.3, -0.25) is 0 Å². The van der Waals surface area contributed by atoms with Crippen molar-refractivity contribution in [3.8, 4) is 34.5 Å². The van der Waals surface area contributed by atoms with E-state index in [1.54, 1.807) is 9.21 Å². The lowest BCUT2D eigenvalue weighted by Gasteiger charge is -2.43. The molecule has 6 aromatic rings. The number of aryl methyl sites for hydroxylation is 3. The molecule has 0 radical (unpaired) electrons. The molecule has 0 saturated carbocycles. The van der Waals surface area contributed by atoms with Crippen molar-refractivity contribution in [2.45, 2.75) is 59.3 Å². The number of hydrogen-bond acceptors (Lipinski definition) is 9. The van der Waals surface area contributed by atoms with Crippen LogP contribution in [0.3, 0.4) is 0 Å². The summed E-state index contributed by atoms with van der Waals surface area (Å²) in [5.41, 5.74) is 3.66. The van der Waals surface area contributed by atoms with Gasteiger partial charge in [-0.1, -0.05) is 131 Å². The minimum Gasteiger partial charge on any atom is -0.440 e. The van der Waals surface area contributed by atoms with Gasteiger partial charge in [0.1, 0.15) is 34.5 Å². The van der Waals surface area contributed by atoms with E-state index in [1.807, 2.05) is 127 Å². The van der Waals surface area contributed by atoms with Gasteiger partial charge in [-0.15, -0.1) is 4.52 Å². The molecule has 2 unspecified atom stereocenters. The minimum atomic E-state index is -3.77. The van der Waals surface area contributed by atoms with Crippen LogP contribution in [0.5, 0.6) is 34.5 Å². The summed E-state index contributed by atoms with van der Waals surface area (Å²) in [4.78, 5) is 13.8. The molecule has 57 heavy (non-hydrogen) atoms. The van der Waals surface area contributed by atoms with E-state index in [-0.39, 0.29) is 0 Å². The fraction of sp³-hybridized carbons (Fsp3) is 0.200. The molecule has 294 valence electrons. The van der Waals surface area contributed by atoms with Crippen molar-refractivity contribution in [3.05, 3.63) is 180 Å². The van der Waals surface area contributed by atoms with Gasteiger partial charge in [0, 0.05) is 9.21 Å². The van der Waals surface area contributed by atoms with Gasteiger partial charge in [0.15, 0.2) is 0 Å². The standard InChI is InChI=1S/C45H48N3O6P3/c1-4-16-37-25-31-41(32-26-37)49-47-55(51-42-33-27-38(17-5-2)28-34-42)46-57(53-44-21-12-8-13-22-44,54-45-23-14-9-15-24-45)48(50-40-19-10-7-11-20-40)56(47)52-43-35-29-39(18-6-3)30-36-43/h7-15,19-36H,4-6,16-18H2,1-3H3. The summed E-state index contributed by atoms with van der Waals surface area (Å²) in [6.45, 7) is 6.51. The van der Waals surface area contributed by atoms with Gasteiger partial charge in [0.2, 0.25) is 0 Å². The number of para-hydroxylation sites is 3. The van der Waals surface area contributed by atoms with Crippen molar-refractivity contribution in [2.75, 3.05) is 0 Å². The minimum absolute atomic E-state index is 0.530. The Morgan fingerprint density at radius 3 is 1.26 bits per heavy atom. The second kappa shape index (κ2) is 20.0. The van der Waals surface area contributed by atoms with Gasteiger partial charge in [0.05, 0.1) is 0 Å². The van der Waals surface area contributed by atoms with Crippen LogP contribution in [0.1, 0.15) is 56.7 Å². The highest BCUT2D eigenvalue weighted by atomic mass is 31.3. The molecule has 6 aromatic carbocycles. The number of benzene rings is 6. The van der Waals surface area contributed by atoms with E-state index in [9.17, 15) is 0 Å². The molecule has 0 aromatic heterocycles. The van der Waals surface area contributed by atoms with E-state index in [4.69, 9.17) is 32.3 Å². The van der Waals surface area contributed by atoms with Crippen molar-refractivity contribution in [3.63, 3.8) is 0 Å². The first kappa shape index (κ1) is 40.3. The van der Waals surface area contributed by atoms with Crippen LogP contribution in [-0.2, 0) is 19.3 Å². The Hall–Kier alpha value is -4.87. The quantitative estimate of drug-likeness (QED) is 0.0794. The Bertz CT molecular complexity index is 2120. The van der Waals surface area contributed by atoms with Crippen molar-refractivity contribution < 1.29 is 27.8 Å². The molecule has 0 aliphatic carbocycles. The first-order valence-electron chi connectivity index (χ1n) is 19.4. The molecule has 0 spiro atoms. The first-order chi connectivity index (χ1) is 28.0. The molecule has 0 saturated heterocycles. The fourth-order valence-corrected chi connectivity index (χ4v) is 13.4. The van der Waals surface area contributed by atoms with Gasteiger partial charge in [-0.25, -0.2) is 0 Å². The second-order valence-electron chi connectivity index (χ2n) is 13.3. The van der Waals surface area contributed by atoms with E-state index >= 15 is 0 Å². The molecule has 0 fully saturated rings. The van der Waals surface area contributed by atoms with Crippen molar-refractivity contribution >= 4 is 24.6 Å². The number of rotatable bonds is 18. The van der Waals surface area contributed by atoms with Crippen molar-refractivity contribution in [2.24, 2.45) is 4.52 Å². The van der Waals surface area contributed by atoms with Gasteiger partial charge in [-0.2, -0.15) is 0 Å². The summed E-state index contributed by atoms with van der Waals surface area (Å²) in [5.74, 6) is 3.41. The van der Waals surface area contributed by atoms with E-state index in [0.29, 0.717) is 34.5 Å². The number of hydrogen-bond donors (Lipinski definition) is 0. The van der Waals surface area contributed by atoms with Crippen LogP contribution in [0.2, 0.25) is 0 Å². The number of nitrogens with zero attached hydrogens (tertiary/aromatic N) is 3. The Morgan fingerprint density at radius 1 is 0.439 bits per heavy atom. The lowest BCUT2D eigenvalue weighted by atomic mass is 10.1. The molecule has 2 atom stereocenters. The van der Waals surface area contributed by atoms with Crippen LogP contribution in [0, 0.1) is 0 Å². The molecule has 0 amide bonds. The maximum absolute atomic E-state index is 7.08. The van der Waals surface area contributed by atoms with E-state index in [0.717, 1.165) is 38.5 Å². The molecule has 0 bridgehead atoms. The topological polar surface area (TPSA) is 74.2 Å². The van der Waals surface area contributed by atoms with Crippen LogP contribution in [-0.4, -0.2) is 9.21 Å². The Balaban J connectivity index is 1.44. The maximum Gasteiger partial charge on any atom is 0.447 e. The van der Waals surface area contributed by atoms with Crippen molar-refractivity contribution in [1.82, 2.24) is 9.21 Å². The molecule has 7 rings (SSSR count). The maximum atomic E-state index is 7.08. The molecular formula is C45H48N3O6P3.